The Kier molecular flexibility index (Phi) is 5.90. The number of aliphatic hydroxyl groups excluding tert-OH is 1. The van der Waals surface area contributed by atoms with Crippen molar-refractivity contribution in [1.82, 2.24) is 10.3 Å². The van der Waals surface area contributed by atoms with Crippen molar-refractivity contribution in [3.8, 4) is 5.75 Å². The zero-order valence-corrected chi connectivity index (χ0v) is 15.2. The second kappa shape index (κ2) is 8.33. The molecule has 2 unspecified atom stereocenters. The fourth-order valence-corrected chi connectivity index (χ4v) is 3.26. The molecule has 1 amide bonds. The lowest BCUT2D eigenvalue weighted by Gasteiger charge is -2.13. The van der Waals surface area contributed by atoms with E-state index in [2.05, 4.69) is 17.2 Å². The van der Waals surface area contributed by atoms with Crippen molar-refractivity contribution in [3.63, 3.8) is 0 Å². The van der Waals surface area contributed by atoms with Crippen LogP contribution in [-0.4, -0.2) is 33.1 Å². The van der Waals surface area contributed by atoms with Crippen LogP contribution >= 0.6 is 11.8 Å². The van der Waals surface area contributed by atoms with Crippen LogP contribution < -0.4 is 10.1 Å². The summed E-state index contributed by atoms with van der Waals surface area (Å²) in [5.41, 5.74) is 2.62. The van der Waals surface area contributed by atoms with Gasteiger partial charge in [0.15, 0.2) is 0 Å². The first-order chi connectivity index (χ1) is 12.5. The maximum atomic E-state index is 11.6. The molecule has 1 saturated heterocycles. The number of rotatable bonds is 7. The number of amides is 1. The molecule has 0 bridgehead atoms. The molecule has 0 spiro atoms. The average molecular weight is 372 g/mol. The fourth-order valence-electron chi connectivity index (χ4n) is 2.59. The van der Waals surface area contributed by atoms with Crippen molar-refractivity contribution in [1.29, 1.82) is 0 Å². The molecule has 0 aliphatic carbocycles. The van der Waals surface area contributed by atoms with Crippen LogP contribution in [0.15, 0.2) is 42.6 Å². The van der Waals surface area contributed by atoms with Crippen LogP contribution in [0.1, 0.15) is 29.8 Å². The Morgan fingerprint density at radius 1 is 1.19 bits per heavy atom. The van der Waals surface area contributed by atoms with E-state index >= 15 is 0 Å². The van der Waals surface area contributed by atoms with Gasteiger partial charge in [0.25, 0.3) is 5.24 Å². The minimum atomic E-state index is -0.802. The lowest BCUT2D eigenvalue weighted by atomic mass is 10.1. The van der Waals surface area contributed by atoms with Crippen LogP contribution in [0.4, 0.5) is 4.79 Å². The van der Waals surface area contributed by atoms with E-state index in [1.165, 1.54) is 0 Å². The summed E-state index contributed by atoms with van der Waals surface area (Å²) in [6.07, 6.45) is 2.31. The predicted octanol–water partition coefficient (Wildman–Crippen LogP) is 2.65. The van der Waals surface area contributed by atoms with Crippen LogP contribution in [0.5, 0.6) is 5.75 Å². The first-order valence-corrected chi connectivity index (χ1v) is 9.23. The Labute approximate surface area is 156 Å². The molecule has 2 aromatic rings. The second-order valence-corrected chi connectivity index (χ2v) is 7.00. The highest BCUT2D eigenvalue weighted by Crippen LogP contribution is 2.21. The maximum absolute atomic E-state index is 11.6. The summed E-state index contributed by atoms with van der Waals surface area (Å²) in [7, 11) is 0. The largest absolute Gasteiger partial charge is 0.490 e. The van der Waals surface area contributed by atoms with Crippen LogP contribution in [0, 0.1) is 0 Å². The van der Waals surface area contributed by atoms with Crippen molar-refractivity contribution in [3.05, 3.63) is 59.4 Å². The quantitative estimate of drug-likeness (QED) is 0.777. The molecule has 2 atom stereocenters. The number of aliphatic hydroxyl groups is 1. The number of hydrogen-bond donors (Lipinski definition) is 2. The number of carbonyl (C=O) groups excluding carboxylic acids is 2. The Hall–Kier alpha value is -2.38. The number of aryl methyl sites for hydroxylation is 1. The zero-order chi connectivity index (χ0) is 18.5. The highest BCUT2D eigenvalue weighted by atomic mass is 32.2. The predicted molar refractivity (Wildman–Crippen MR) is 99.1 cm³/mol. The van der Waals surface area contributed by atoms with E-state index in [0.29, 0.717) is 29.6 Å². The van der Waals surface area contributed by atoms with E-state index in [9.17, 15) is 14.7 Å². The van der Waals surface area contributed by atoms with Gasteiger partial charge in [-0.05, 0) is 35.7 Å². The molecule has 136 valence electrons. The zero-order valence-electron chi connectivity index (χ0n) is 14.3. The van der Waals surface area contributed by atoms with E-state index in [-0.39, 0.29) is 17.0 Å². The van der Waals surface area contributed by atoms with Crippen molar-refractivity contribution in [2.75, 3.05) is 6.61 Å². The van der Waals surface area contributed by atoms with Crippen molar-refractivity contribution in [2.45, 2.75) is 31.9 Å². The van der Waals surface area contributed by atoms with Gasteiger partial charge in [-0.15, -0.1) is 0 Å². The van der Waals surface area contributed by atoms with E-state index in [1.807, 2.05) is 18.2 Å². The second-order valence-electron chi connectivity index (χ2n) is 6.03. The SMILES string of the molecule is CCc1ccc(C(O)COc2ccc(CC3NC(=O)SC3=O)cc2)nc1. The smallest absolute Gasteiger partial charge is 0.287 e. The molecule has 1 aromatic heterocycles. The summed E-state index contributed by atoms with van der Waals surface area (Å²) < 4.78 is 5.61. The van der Waals surface area contributed by atoms with Crippen LogP contribution in [0.25, 0.3) is 0 Å². The first-order valence-electron chi connectivity index (χ1n) is 8.42. The molecule has 0 saturated carbocycles. The van der Waals surface area contributed by atoms with Gasteiger partial charge in [-0.25, -0.2) is 0 Å². The number of aromatic nitrogens is 1. The van der Waals surface area contributed by atoms with E-state index in [0.717, 1.165) is 17.5 Å². The molecule has 2 heterocycles. The fraction of sp³-hybridized carbons (Fsp3) is 0.316. The highest BCUT2D eigenvalue weighted by molar-refractivity contribution is 8.26. The van der Waals surface area contributed by atoms with Crippen LogP contribution in [0.2, 0.25) is 0 Å². The molecular formula is C19H20N2O4S. The van der Waals surface area contributed by atoms with Crippen molar-refractivity contribution >= 4 is 22.1 Å². The standard InChI is InChI=1S/C19H20N2O4S/c1-2-12-5-8-15(20-10-12)17(22)11-25-14-6-3-13(4-7-14)9-16-18(23)26-19(24)21-16/h3-8,10,16-17,22H,2,9,11H2,1H3,(H,21,24). The molecule has 0 radical (unpaired) electrons. The Morgan fingerprint density at radius 3 is 2.50 bits per heavy atom. The summed E-state index contributed by atoms with van der Waals surface area (Å²) in [5, 5.41) is 12.4. The molecule has 6 nitrogen and oxygen atoms in total. The van der Waals surface area contributed by atoms with Gasteiger partial charge in [-0.2, -0.15) is 0 Å². The van der Waals surface area contributed by atoms with E-state index < -0.39 is 12.1 Å². The van der Waals surface area contributed by atoms with Gasteiger partial charge in [0, 0.05) is 24.4 Å². The van der Waals surface area contributed by atoms with Crippen molar-refractivity contribution in [2.24, 2.45) is 0 Å². The van der Waals surface area contributed by atoms with Gasteiger partial charge < -0.3 is 15.2 Å². The van der Waals surface area contributed by atoms with Gasteiger partial charge in [0.05, 0.1) is 5.69 Å². The molecule has 26 heavy (non-hydrogen) atoms. The summed E-state index contributed by atoms with van der Waals surface area (Å²) in [5.74, 6) is 0.620. The Balaban J connectivity index is 1.52. The lowest BCUT2D eigenvalue weighted by Crippen LogP contribution is -2.30. The minimum Gasteiger partial charge on any atom is -0.490 e. The Bertz CT molecular complexity index is 777. The van der Waals surface area contributed by atoms with E-state index in [1.54, 1.807) is 24.4 Å². The molecule has 1 fully saturated rings. The molecule has 2 N–H and O–H groups in total. The lowest BCUT2D eigenvalue weighted by molar-refractivity contribution is -0.112. The third-order valence-electron chi connectivity index (χ3n) is 4.14. The van der Waals surface area contributed by atoms with Gasteiger partial charge in [0.2, 0.25) is 5.12 Å². The number of benzene rings is 1. The molecule has 1 aliphatic rings. The minimum absolute atomic E-state index is 0.103. The number of hydrogen-bond acceptors (Lipinski definition) is 6. The first kappa shape index (κ1) is 18.4. The number of carbonyl (C=O) groups is 2. The van der Waals surface area contributed by atoms with Crippen molar-refractivity contribution < 1.29 is 19.4 Å². The van der Waals surface area contributed by atoms with Crippen LogP contribution in [0.3, 0.4) is 0 Å². The molecule has 1 aromatic carbocycles. The number of pyridine rings is 1. The van der Waals surface area contributed by atoms with Gasteiger partial charge in [-0.3, -0.25) is 14.6 Å². The number of ether oxygens (including phenoxy) is 1. The highest BCUT2D eigenvalue weighted by Gasteiger charge is 2.31. The average Bonchev–Trinajstić information content (AvgIpc) is 2.98. The molecule has 7 heteroatoms. The summed E-state index contributed by atoms with van der Waals surface area (Å²) >= 11 is 0.715. The van der Waals surface area contributed by atoms with E-state index in [4.69, 9.17) is 4.74 Å². The monoisotopic (exact) mass is 372 g/mol. The summed E-state index contributed by atoms with van der Waals surface area (Å²) in [6.45, 7) is 2.15. The normalized spacial score (nSPS) is 17.8. The summed E-state index contributed by atoms with van der Waals surface area (Å²) in [6, 6.07) is 10.5. The van der Waals surface area contributed by atoms with Gasteiger partial charge in [0.1, 0.15) is 24.5 Å². The summed E-state index contributed by atoms with van der Waals surface area (Å²) in [4.78, 5) is 27.1. The molecule has 1 aliphatic heterocycles. The molecular weight excluding hydrogens is 352 g/mol. The van der Waals surface area contributed by atoms with Gasteiger partial charge in [-0.1, -0.05) is 25.1 Å². The number of nitrogens with one attached hydrogen (secondary N) is 1. The number of nitrogens with zero attached hydrogens (tertiary/aromatic N) is 1. The third kappa shape index (κ3) is 4.62. The van der Waals surface area contributed by atoms with Gasteiger partial charge >= 0.3 is 0 Å². The number of thioether (sulfide) groups is 1. The third-order valence-corrected chi connectivity index (χ3v) is 4.93. The topological polar surface area (TPSA) is 88.5 Å². The van der Waals surface area contributed by atoms with Crippen LogP contribution in [-0.2, 0) is 17.6 Å². The molecule has 3 rings (SSSR count). The Morgan fingerprint density at radius 2 is 1.92 bits per heavy atom. The maximum Gasteiger partial charge on any atom is 0.287 e.